The molecule has 0 N–H and O–H groups in total. The van der Waals surface area contributed by atoms with Gasteiger partial charge in [-0.2, -0.15) is 0 Å². The van der Waals surface area contributed by atoms with Crippen molar-refractivity contribution in [2.45, 2.75) is 18.8 Å². The van der Waals surface area contributed by atoms with Gasteiger partial charge in [-0.15, -0.1) is 0 Å². The van der Waals surface area contributed by atoms with Crippen LogP contribution in [0.2, 0.25) is 5.02 Å². The summed E-state index contributed by atoms with van der Waals surface area (Å²) in [6.07, 6.45) is 1.49. The second kappa shape index (κ2) is 6.48. The molecule has 0 atom stereocenters. The zero-order chi connectivity index (χ0) is 17.4. The number of piperidine rings is 1. The fourth-order valence-corrected chi connectivity index (χ4v) is 3.39. The molecule has 0 spiro atoms. The predicted octanol–water partition coefficient (Wildman–Crippen LogP) is 4.64. The smallest absolute Gasteiger partial charge is 0.256 e. The van der Waals surface area contributed by atoms with Crippen molar-refractivity contribution in [3.63, 3.8) is 0 Å². The number of nitrogens with zero attached hydrogens (tertiary/aromatic N) is 2. The number of aromatic nitrogens is 1. The van der Waals surface area contributed by atoms with E-state index in [-0.39, 0.29) is 22.4 Å². The number of fused-ring (bicyclic) bond motifs is 1. The average Bonchev–Trinajstić information content (AvgIpc) is 3.05. The molecule has 0 saturated carbocycles. The van der Waals surface area contributed by atoms with Crippen molar-refractivity contribution in [3.05, 3.63) is 64.8 Å². The molecular weight excluding hydrogens is 343 g/mol. The highest BCUT2D eigenvalue weighted by molar-refractivity contribution is 6.30. The van der Waals surface area contributed by atoms with Crippen LogP contribution in [0.5, 0.6) is 0 Å². The van der Waals surface area contributed by atoms with Gasteiger partial charge in [-0.3, -0.25) is 4.79 Å². The van der Waals surface area contributed by atoms with Crippen molar-refractivity contribution in [3.8, 4) is 0 Å². The van der Waals surface area contributed by atoms with Crippen molar-refractivity contribution in [1.29, 1.82) is 0 Å². The number of hydrogen-bond acceptors (Lipinski definition) is 3. The second-order valence-electron chi connectivity index (χ2n) is 6.21. The van der Waals surface area contributed by atoms with Gasteiger partial charge >= 0.3 is 0 Å². The summed E-state index contributed by atoms with van der Waals surface area (Å²) in [5.41, 5.74) is 1.68. The van der Waals surface area contributed by atoms with E-state index in [4.69, 9.17) is 16.0 Å². The minimum Gasteiger partial charge on any atom is -0.440 e. The van der Waals surface area contributed by atoms with E-state index in [9.17, 15) is 9.18 Å². The Balaban J connectivity index is 1.46. The monoisotopic (exact) mass is 358 g/mol. The van der Waals surface area contributed by atoms with Crippen molar-refractivity contribution in [2.24, 2.45) is 0 Å². The number of halogens is 2. The highest BCUT2D eigenvalue weighted by atomic mass is 35.5. The topological polar surface area (TPSA) is 46.3 Å². The third-order valence-corrected chi connectivity index (χ3v) is 4.84. The summed E-state index contributed by atoms with van der Waals surface area (Å²) in [7, 11) is 0. The van der Waals surface area contributed by atoms with E-state index in [0.717, 1.165) is 23.9 Å². The number of carbonyl (C=O) groups excluding carboxylic acids is 1. The summed E-state index contributed by atoms with van der Waals surface area (Å²) in [5, 5.41) is 0.281. The lowest BCUT2D eigenvalue weighted by Gasteiger charge is -2.30. The number of amides is 1. The van der Waals surface area contributed by atoms with E-state index in [1.165, 1.54) is 18.2 Å². The summed E-state index contributed by atoms with van der Waals surface area (Å²) in [4.78, 5) is 18.7. The average molecular weight is 359 g/mol. The number of likely N-dealkylation sites (tertiary alicyclic amines) is 1. The van der Waals surface area contributed by atoms with Gasteiger partial charge in [-0.25, -0.2) is 9.37 Å². The first-order chi connectivity index (χ1) is 12.1. The molecule has 1 aromatic heterocycles. The molecule has 0 aliphatic carbocycles. The molecule has 4 nitrogen and oxygen atoms in total. The van der Waals surface area contributed by atoms with Crippen LogP contribution in [0.1, 0.15) is 35.0 Å². The third-order valence-electron chi connectivity index (χ3n) is 4.60. The molecule has 3 aromatic rings. The predicted molar refractivity (Wildman–Crippen MR) is 93.3 cm³/mol. The first kappa shape index (κ1) is 16.1. The van der Waals surface area contributed by atoms with Gasteiger partial charge in [0.1, 0.15) is 11.3 Å². The van der Waals surface area contributed by atoms with Crippen LogP contribution < -0.4 is 0 Å². The highest BCUT2D eigenvalue weighted by Gasteiger charge is 2.28. The minimum absolute atomic E-state index is 0.0599. The Labute approximate surface area is 149 Å². The fourth-order valence-electron chi connectivity index (χ4n) is 3.23. The quantitative estimate of drug-likeness (QED) is 0.670. The number of oxazole rings is 1. The lowest BCUT2D eigenvalue weighted by molar-refractivity contribution is 0.0702. The van der Waals surface area contributed by atoms with E-state index in [1.807, 2.05) is 24.3 Å². The Morgan fingerprint density at radius 3 is 2.68 bits per heavy atom. The molecule has 2 heterocycles. The Morgan fingerprint density at radius 2 is 1.96 bits per heavy atom. The van der Waals surface area contributed by atoms with Gasteiger partial charge in [0.2, 0.25) is 0 Å². The molecule has 1 fully saturated rings. The van der Waals surface area contributed by atoms with E-state index < -0.39 is 5.82 Å². The molecule has 1 aliphatic heterocycles. The molecule has 25 heavy (non-hydrogen) atoms. The van der Waals surface area contributed by atoms with Gasteiger partial charge < -0.3 is 9.32 Å². The maximum atomic E-state index is 14.0. The van der Waals surface area contributed by atoms with Crippen LogP contribution in [0, 0.1) is 5.82 Å². The van der Waals surface area contributed by atoms with E-state index in [2.05, 4.69) is 4.98 Å². The summed E-state index contributed by atoms with van der Waals surface area (Å²) >= 11 is 5.75. The van der Waals surface area contributed by atoms with Gasteiger partial charge in [-0.1, -0.05) is 23.7 Å². The molecule has 4 rings (SSSR count). The van der Waals surface area contributed by atoms with E-state index >= 15 is 0 Å². The van der Waals surface area contributed by atoms with Gasteiger partial charge in [0.25, 0.3) is 5.91 Å². The molecule has 1 aliphatic rings. The molecule has 1 amide bonds. The number of rotatable bonds is 2. The van der Waals surface area contributed by atoms with Crippen molar-refractivity contribution in [1.82, 2.24) is 9.88 Å². The zero-order valence-electron chi connectivity index (χ0n) is 13.4. The van der Waals surface area contributed by atoms with Crippen molar-refractivity contribution < 1.29 is 13.6 Å². The number of para-hydroxylation sites is 2. The Hall–Kier alpha value is -2.40. The van der Waals surface area contributed by atoms with Crippen LogP contribution >= 0.6 is 11.6 Å². The lowest BCUT2D eigenvalue weighted by Crippen LogP contribution is -2.38. The normalized spacial score (nSPS) is 15.7. The molecule has 1 saturated heterocycles. The lowest BCUT2D eigenvalue weighted by atomic mass is 9.96. The highest BCUT2D eigenvalue weighted by Crippen LogP contribution is 2.30. The zero-order valence-corrected chi connectivity index (χ0v) is 14.2. The Morgan fingerprint density at radius 1 is 1.20 bits per heavy atom. The van der Waals surface area contributed by atoms with Gasteiger partial charge in [0.15, 0.2) is 11.5 Å². The SMILES string of the molecule is O=C(c1ccc(Cl)cc1F)N1CCC(c2nc3ccccc3o2)CC1. The molecule has 2 aromatic carbocycles. The van der Waals surface area contributed by atoms with Crippen LogP contribution in [0.15, 0.2) is 46.9 Å². The number of benzene rings is 2. The molecule has 6 heteroatoms. The van der Waals surface area contributed by atoms with Gasteiger partial charge in [0, 0.05) is 24.0 Å². The molecule has 0 radical (unpaired) electrons. The van der Waals surface area contributed by atoms with E-state index in [1.54, 1.807) is 4.90 Å². The Bertz CT molecular complexity index is 899. The first-order valence-corrected chi connectivity index (χ1v) is 8.59. The maximum Gasteiger partial charge on any atom is 0.256 e. The second-order valence-corrected chi connectivity index (χ2v) is 6.65. The van der Waals surface area contributed by atoms with E-state index in [0.29, 0.717) is 19.0 Å². The molecule has 0 bridgehead atoms. The first-order valence-electron chi connectivity index (χ1n) is 8.21. The van der Waals surface area contributed by atoms with Crippen LogP contribution in [0.25, 0.3) is 11.1 Å². The molecule has 0 unspecified atom stereocenters. The third kappa shape index (κ3) is 3.12. The van der Waals surface area contributed by atoms with Crippen LogP contribution in [-0.2, 0) is 0 Å². The van der Waals surface area contributed by atoms with Gasteiger partial charge in [0.05, 0.1) is 5.56 Å². The summed E-state index contributed by atoms with van der Waals surface area (Å²) in [5.74, 6) is 0.00115. The largest absolute Gasteiger partial charge is 0.440 e. The van der Waals surface area contributed by atoms with Crippen molar-refractivity contribution >= 4 is 28.6 Å². The fraction of sp³-hybridized carbons (Fsp3) is 0.263. The Kier molecular flexibility index (Phi) is 4.17. The number of carbonyl (C=O) groups is 1. The van der Waals surface area contributed by atoms with Crippen LogP contribution in [0.3, 0.4) is 0 Å². The number of hydrogen-bond donors (Lipinski definition) is 0. The van der Waals surface area contributed by atoms with Crippen LogP contribution in [0.4, 0.5) is 4.39 Å². The minimum atomic E-state index is -0.585. The standard InChI is InChI=1S/C19H16ClFN2O2/c20-13-5-6-14(15(21)11-13)19(24)23-9-7-12(8-10-23)18-22-16-3-1-2-4-17(16)25-18/h1-6,11-12H,7-10H2. The van der Waals surface area contributed by atoms with Gasteiger partial charge in [-0.05, 0) is 43.2 Å². The summed E-state index contributed by atoms with van der Waals surface area (Å²) in [6, 6.07) is 11.8. The maximum absolute atomic E-state index is 14.0. The molecule has 128 valence electrons. The summed E-state index contributed by atoms with van der Waals surface area (Å²) < 4.78 is 19.8. The summed E-state index contributed by atoms with van der Waals surface area (Å²) in [6.45, 7) is 1.09. The molecular formula is C19H16ClFN2O2. The van der Waals surface area contributed by atoms with Crippen LogP contribution in [-0.4, -0.2) is 28.9 Å². The van der Waals surface area contributed by atoms with Crippen molar-refractivity contribution in [2.75, 3.05) is 13.1 Å².